The SMILES string of the molecule is CCCCN(CC(=O)N1CCCN(c2ccc(-c3ccc(OC)cc3)nn2)CC1)S(=O)(=O)c1ccc(C)cc1. The van der Waals surface area contributed by atoms with E-state index in [-0.39, 0.29) is 17.3 Å². The first kappa shape index (κ1) is 28.5. The van der Waals surface area contributed by atoms with Crippen molar-refractivity contribution in [1.29, 1.82) is 0 Å². The number of rotatable bonds is 10. The van der Waals surface area contributed by atoms with Crippen LogP contribution < -0.4 is 9.64 Å². The van der Waals surface area contributed by atoms with E-state index in [1.54, 1.807) is 36.3 Å². The Hall–Kier alpha value is -3.50. The van der Waals surface area contributed by atoms with Crippen LogP contribution in [0.5, 0.6) is 5.75 Å². The minimum Gasteiger partial charge on any atom is -0.497 e. The summed E-state index contributed by atoms with van der Waals surface area (Å²) in [7, 11) is -2.13. The maximum absolute atomic E-state index is 13.4. The Bertz CT molecular complexity index is 1330. The third-order valence-electron chi connectivity index (χ3n) is 6.94. The lowest BCUT2D eigenvalue weighted by atomic mass is 10.1. The van der Waals surface area contributed by atoms with Crippen molar-refractivity contribution < 1.29 is 17.9 Å². The number of sulfonamides is 1. The maximum atomic E-state index is 13.4. The molecule has 3 aromatic rings. The number of unbranched alkanes of at least 4 members (excludes halogenated alkanes) is 1. The Labute approximate surface area is 231 Å². The lowest BCUT2D eigenvalue weighted by Gasteiger charge is -2.26. The third kappa shape index (κ3) is 7.13. The van der Waals surface area contributed by atoms with Crippen molar-refractivity contribution in [3.63, 3.8) is 0 Å². The molecule has 1 aliphatic rings. The molecule has 0 atom stereocenters. The number of carbonyl (C=O) groups is 1. The van der Waals surface area contributed by atoms with Crippen molar-refractivity contribution in [2.24, 2.45) is 0 Å². The zero-order chi connectivity index (χ0) is 27.8. The number of nitrogens with zero attached hydrogens (tertiary/aromatic N) is 5. The number of hydrogen-bond donors (Lipinski definition) is 0. The molecule has 0 unspecified atom stereocenters. The Balaban J connectivity index is 1.40. The van der Waals surface area contributed by atoms with Gasteiger partial charge in [0.15, 0.2) is 5.82 Å². The molecule has 208 valence electrons. The first-order valence-electron chi connectivity index (χ1n) is 13.4. The van der Waals surface area contributed by atoms with Gasteiger partial charge in [0.25, 0.3) is 0 Å². The van der Waals surface area contributed by atoms with E-state index in [1.807, 2.05) is 50.2 Å². The summed E-state index contributed by atoms with van der Waals surface area (Å²) in [6, 6.07) is 18.3. The van der Waals surface area contributed by atoms with E-state index in [1.165, 1.54) is 4.31 Å². The van der Waals surface area contributed by atoms with Crippen molar-refractivity contribution >= 4 is 21.7 Å². The molecule has 0 N–H and O–H groups in total. The summed E-state index contributed by atoms with van der Waals surface area (Å²) in [4.78, 5) is 17.4. The monoisotopic (exact) mass is 551 g/mol. The van der Waals surface area contributed by atoms with Crippen molar-refractivity contribution in [3.8, 4) is 17.0 Å². The van der Waals surface area contributed by atoms with Gasteiger partial charge in [0, 0.05) is 38.3 Å². The molecular weight excluding hydrogens is 514 g/mol. The molecule has 10 heteroatoms. The third-order valence-corrected chi connectivity index (χ3v) is 8.80. The second-order valence-corrected chi connectivity index (χ2v) is 11.7. The first-order valence-corrected chi connectivity index (χ1v) is 14.8. The van der Waals surface area contributed by atoms with Gasteiger partial charge in [-0.1, -0.05) is 31.0 Å². The van der Waals surface area contributed by atoms with E-state index in [2.05, 4.69) is 15.1 Å². The van der Waals surface area contributed by atoms with Crippen molar-refractivity contribution in [2.75, 3.05) is 51.3 Å². The predicted molar refractivity (Wildman–Crippen MR) is 152 cm³/mol. The normalized spacial score (nSPS) is 14.4. The van der Waals surface area contributed by atoms with E-state index >= 15 is 0 Å². The van der Waals surface area contributed by atoms with Crippen molar-refractivity contribution in [2.45, 2.75) is 38.0 Å². The van der Waals surface area contributed by atoms with Crippen LogP contribution in [0.3, 0.4) is 0 Å². The molecule has 4 rings (SSSR count). The fraction of sp³-hybridized carbons (Fsp3) is 0.414. The summed E-state index contributed by atoms with van der Waals surface area (Å²) in [5.41, 5.74) is 2.71. The highest BCUT2D eigenvalue weighted by atomic mass is 32.2. The van der Waals surface area contributed by atoms with Crippen LogP contribution in [0.1, 0.15) is 31.7 Å². The molecule has 0 bridgehead atoms. The predicted octanol–water partition coefficient (Wildman–Crippen LogP) is 3.99. The second kappa shape index (κ2) is 13.0. The van der Waals surface area contributed by atoms with Crippen LogP contribution in [0.25, 0.3) is 11.3 Å². The number of amides is 1. The molecule has 39 heavy (non-hydrogen) atoms. The molecule has 1 fully saturated rings. The van der Waals surface area contributed by atoms with Crippen LogP contribution >= 0.6 is 0 Å². The molecule has 2 heterocycles. The minimum atomic E-state index is -3.77. The fourth-order valence-corrected chi connectivity index (χ4v) is 5.96. The molecular formula is C29H37N5O4S. The number of benzene rings is 2. The first-order chi connectivity index (χ1) is 18.8. The number of aryl methyl sites for hydroxylation is 1. The van der Waals surface area contributed by atoms with Crippen LogP contribution in [-0.4, -0.2) is 80.1 Å². The Morgan fingerprint density at radius 3 is 2.33 bits per heavy atom. The number of hydrogen-bond acceptors (Lipinski definition) is 7. The van der Waals surface area contributed by atoms with Crippen molar-refractivity contribution in [1.82, 2.24) is 19.4 Å². The highest BCUT2D eigenvalue weighted by Crippen LogP contribution is 2.22. The zero-order valence-electron chi connectivity index (χ0n) is 22.9. The molecule has 1 amide bonds. The summed E-state index contributed by atoms with van der Waals surface area (Å²) in [5, 5.41) is 8.85. The van der Waals surface area contributed by atoms with Gasteiger partial charge in [0.1, 0.15) is 5.75 Å². The quantitative estimate of drug-likeness (QED) is 0.376. The lowest BCUT2D eigenvalue weighted by Crippen LogP contribution is -2.44. The van der Waals surface area contributed by atoms with Crippen LogP contribution in [0, 0.1) is 6.92 Å². The van der Waals surface area contributed by atoms with Crippen molar-refractivity contribution in [3.05, 3.63) is 66.2 Å². The van der Waals surface area contributed by atoms with E-state index in [0.717, 1.165) is 47.8 Å². The van der Waals surface area contributed by atoms with E-state index in [0.29, 0.717) is 32.6 Å². The van der Waals surface area contributed by atoms with Crippen LogP contribution in [-0.2, 0) is 14.8 Å². The number of anilines is 1. The number of methoxy groups -OCH3 is 1. The van der Waals surface area contributed by atoms with E-state index < -0.39 is 10.0 Å². The topological polar surface area (TPSA) is 95.9 Å². The van der Waals surface area contributed by atoms with Gasteiger partial charge < -0.3 is 14.5 Å². The molecule has 0 radical (unpaired) electrons. The van der Waals surface area contributed by atoms with Crippen LogP contribution in [0.15, 0.2) is 65.6 Å². The molecule has 2 aromatic carbocycles. The van der Waals surface area contributed by atoms with Crippen LogP contribution in [0.2, 0.25) is 0 Å². The summed E-state index contributed by atoms with van der Waals surface area (Å²) < 4.78 is 33.3. The van der Waals surface area contributed by atoms with Gasteiger partial charge in [-0.15, -0.1) is 10.2 Å². The summed E-state index contributed by atoms with van der Waals surface area (Å²) in [5.74, 6) is 1.37. The highest BCUT2D eigenvalue weighted by Gasteiger charge is 2.29. The molecule has 0 aliphatic carbocycles. The lowest BCUT2D eigenvalue weighted by molar-refractivity contribution is -0.131. The fourth-order valence-electron chi connectivity index (χ4n) is 4.53. The molecule has 0 spiro atoms. The van der Waals surface area contributed by atoms with Gasteiger partial charge in [-0.25, -0.2) is 8.42 Å². The number of aromatic nitrogens is 2. The summed E-state index contributed by atoms with van der Waals surface area (Å²) in [6.45, 7) is 6.48. The van der Waals surface area contributed by atoms with E-state index in [9.17, 15) is 13.2 Å². The smallest absolute Gasteiger partial charge is 0.243 e. The van der Waals surface area contributed by atoms with Gasteiger partial charge in [-0.2, -0.15) is 4.31 Å². The molecule has 1 aliphatic heterocycles. The molecule has 1 aromatic heterocycles. The van der Waals surface area contributed by atoms with Gasteiger partial charge in [-0.05, 0) is 68.3 Å². The number of ether oxygens (including phenoxy) is 1. The molecule has 9 nitrogen and oxygen atoms in total. The summed E-state index contributed by atoms with van der Waals surface area (Å²) in [6.07, 6.45) is 2.29. The van der Waals surface area contributed by atoms with Gasteiger partial charge >= 0.3 is 0 Å². The minimum absolute atomic E-state index is 0.160. The van der Waals surface area contributed by atoms with Gasteiger partial charge in [0.2, 0.25) is 15.9 Å². The second-order valence-electron chi connectivity index (χ2n) is 9.73. The maximum Gasteiger partial charge on any atom is 0.243 e. The molecule has 0 saturated carbocycles. The van der Waals surface area contributed by atoms with E-state index in [4.69, 9.17) is 4.74 Å². The number of carbonyl (C=O) groups excluding carboxylic acids is 1. The van der Waals surface area contributed by atoms with Crippen LogP contribution in [0.4, 0.5) is 5.82 Å². The van der Waals surface area contributed by atoms with Gasteiger partial charge in [0.05, 0.1) is 24.2 Å². The Morgan fingerprint density at radius 2 is 1.69 bits per heavy atom. The Morgan fingerprint density at radius 1 is 0.949 bits per heavy atom. The zero-order valence-corrected chi connectivity index (χ0v) is 23.7. The average Bonchev–Trinajstić information content (AvgIpc) is 3.22. The summed E-state index contributed by atoms with van der Waals surface area (Å²) >= 11 is 0. The average molecular weight is 552 g/mol. The standard InChI is InChI=1S/C29H37N5O4S/c1-4-5-19-34(39(36,37)26-13-7-23(2)8-14-26)22-29(35)33-18-6-17-32(20-21-33)28-16-15-27(30-31-28)24-9-11-25(38-3)12-10-24/h7-16H,4-6,17-22H2,1-3H3. The largest absolute Gasteiger partial charge is 0.497 e. The Kier molecular flexibility index (Phi) is 9.53. The highest BCUT2D eigenvalue weighted by molar-refractivity contribution is 7.89. The molecule has 1 saturated heterocycles. The van der Waals surface area contributed by atoms with Gasteiger partial charge in [-0.3, -0.25) is 4.79 Å².